The van der Waals surface area contributed by atoms with Crippen molar-refractivity contribution < 1.29 is 32.7 Å². The second-order valence-electron chi connectivity index (χ2n) is 10.8. The molecule has 0 amide bonds. The van der Waals surface area contributed by atoms with Gasteiger partial charge < -0.3 is 19.6 Å². The van der Waals surface area contributed by atoms with Crippen molar-refractivity contribution in [3.63, 3.8) is 0 Å². The molecule has 34 heavy (non-hydrogen) atoms. The lowest BCUT2D eigenvalue weighted by atomic mass is 9.55. The zero-order valence-electron chi connectivity index (χ0n) is 19.8. The Labute approximate surface area is 198 Å². The Morgan fingerprint density at radius 3 is 2.71 bits per heavy atom. The van der Waals surface area contributed by atoms with Crippen LogP contribution < -0.4 is 9.80 Å². The van der Waals surface area contributed by atoms with Crippen molar-refractivity contribution in [1.82, 2.24) is 0 Å². The van der Waals surface area contributed by atoms with E-state index in [1.165, 1.54) is 22.6 Å². The number of rotatable bonds is 3. The van der Waals surface area contributed by atoms with Crippen molar-refractivity contribution in [2.75, 3.05) is 37.6 Å². The fraction of sp³-hybridized carbons (Fsp3) is 0.654. The van der Waals surface area contributed by atoms with Crippen LogP contribution in [-0.2, 0) is 15.7 Å². The number of carbonyl (C=O) groups excluding carboxylic acids is 1. The highest BCUT2D eigenvalue weighted by molar-refractivity contribution is 5.76. The summed E-state index contributed by atoms with van der Waals surface area (Å²) in [6.07, 6.45) is -0.240. The van der Waals surface area contributed by atoms with Crippen LogP contribution in [0.5, 0.6) is 0 Å². The first kappa shape index (κ1) is 23.7. The smallest absolute Gasteiger partial charge is 0.416 e. The van der Waals surface area contributed by atoms with Crippen LogP contribution in [0.25, 0.3) is 0 Å². The molecule has 4 aliphatic rings. The number of fused-ring (bicyclic) bond motifs is 2. The van der Waals surface area contributed by atoms with Crippen LogP contribution in [-0.4, -0.2) is 56.0 Å². The average molecular weight is 480 g/mol. The molecule has 0 radical (unpaired) electrons. The van der Waals surface area contributed by atoms with Crippen molar-refractivity contribution >= 4 is 11.7 Å². The Bertz CT molecular complexity index is 972. The predicted molar refractivity (Wildman–Crippen MR) is 121 cm³/mol. The predicted octanol–water partition coefficient (Wildman–Crippen LogP) is 2.70. The topological polar surface area (TPSA) is 54.2 Å². The summed E-state index contributed by atoms with van der Waals surface area (Å²) in [5.41, 5.74) is 0.860. The first-order valence-electron chi connectivity index (χ1n) is 12.4. The van der Waals surface area contributed by atoms with Gasteiger partial charge in [0.15, 0.2) is 0 Å². The number of carbonyl (C=O) groups is 1. The number of hydrogen-bond acceptors (Lipinski definition) is 4. The highest BCUT2D eigenvalue weighted by Gasteiger charge is 2.60. The van der Waals surface area contributed by atoms with Gasteiger partial charge in [-0.25, -0.2) is 0 Å². The highest BCUT2D eigenvalue weighted by Crippen LogP contribution is 2.55. The lowest BCUT2D eigenvalue weighted by Crippen LogP contribution is -3.15. The number of aliphatic hydroxyl groups excluding tert-OH is 1. The van der Waals surface area contributed by atoms with Gasteiger partial charge in [-0.05, 0) is 37.0 Å². The molecule has 186 valence electrons. The normalized spacial score (nSPS) is 36.5. The Balaban J connectivity index is 1.26. The number of piperazine rings is 1. The molecule has 1 aromatic carbocycles. The number of allylic oxidation sites excluding steroid dienone is 1. The molecule has 2 N–H and O–H groups in total. The van der Waals surface area contributed by atoms with Gasteiger partial charge in [0.1, 0.15) is 12.0 Å². The van der Waals surface area contributed by atoms with Crippen LogP contribution in [0.2, 0.25) is 0 Å². The standard InChI is InChI=1S/C26H33F3N2O3/c1-16-5-3-6-17-14-21-22(23(32)25(16,17)2)20(24(33)34-21)15-30-9-11-31(12-10-30)19-8-4-7-18(13-19)26(27,28)29/h4,6-8,13,16,20-23,32H,3,5,9-12,14-15H2,1-2H3/p+1/t16?,20?,21-,22-,23?,25-/m1/s1. The number of anilines is 1. The first-order valence-corrected chi connectivity index (χ1v) is 12.4. The number of nitrogens with one attached hydrogen (secondary N) is 1. The summed E-state index contributed by atoms with van der Waals surface area (Å²) in [5, 5.41) is 11.5. The quantitative estimate of drug-likeness (QED) is 0.517. The fourth-order valence-electron chi connectivity index (χ4n) is 6.77. The molecule has 0 aromatic heterocycles. The van der Waals surface area contributed by atoms with Gasteiger partial charge in [0.05, 0.1) is 44.4 Å². The number of esters is 1. The van der Waals surface area contributed by atoms with Gasteiger partial charge in [0.25, 0.3) is 0 Å². The molecule has 3 fully saturated rings. The Kier molecular flexibility index (Phi) is 5.96. The number of ether oxygens (including phenoxy) is 1. The third-order valence-corrected chi connectivity index (χ3v) is 9.09. The SMILES string of the molecule is CC1CCC=C2C[C@H]3OC(=O)C(C[NH+]4CCN(c5cccc(C(F)(F)F)c5)CC4)[C@H]3C(O)[C@@]21C. The third kappa shape index (κ3) is 3.92. The summed E-state index contributed by atoms with van der Waals surface area (Å²) in [5.74, 6) is -0.410. The number of nitrogens with zero attached hydrogens (tertiary/aromatic N) is 1. The largest absolute Gasteiger partial charge is 0.461 e. The van der Waals surface area contributed by atoms with Crippen LogP contribution in [0, 0.1) is 23.2 Å². The van der Waals surface area contributed by atoms with Gasteiger partial charge in [-0.2, -0.15) is 13.2 Å². The van der Waals surface area contributed by atoms with Crippen molar-refractivity contribution in [2.24, 2.45) is 23.2 Å². The van der Waals surface area contributed by atoms with Crippen LogP contribution in [0.1, 0.15) is 38.7 Å². The van der Waals surface area contributed by atoms with E-state index in [9.17, 15) is 23.1 Å². The monoisotopic (exact) mass is 479 g/mol. The zero-order chi connectivity index (χ0) is 24.3. The molecular weight excluding hydrogens is 445 g/mol. The van der Waals surface area contributed by atoms with E-state index in [1.54, 1.807) is 6.07 Å². The van der Waals surface area contributed by atoms with Gasteiger partial charge in [0.2, 0.25) is 0 Å². The van der Waals surface area contributed by atoms with Crippen LogP contribution in [0.15, 0.2) is 35.9 Å². The van der Waals surface area contributed by atoms with E-state index in [-0.39, 0.29) is 29.3 Å². The van der Waals surface area contributed by atoms with Crippen molar-refractivity contribution in [2.45, 2.75) is 51.5 Å². The van der Waals surface area contributed by atoms with E-state index in [1.807, 2.05) is 4.90 Å². The fourth-order valence-corrected chi connectivity index (χ4v) is 6.77. The number of hydrogen-bond donors (Lipinski definition) is 2. The van der Waals surface area contributed by atoms with E-state index in [0.29, 0.717) is 37.7 Å². The van der Waals surface area contributed by atoms with Crippen LogP contribution in [0.3, 0.4) is 0 Å². The van der Waals surface area contributed by atoms with Crippen molar-refractivity contribution in [3.8, 4) is 0 Å². The Morgan fingerprint density at radius 2 is 2.00 bits per heavy atom. The van der Waals surface area contributed by atoms with E-state index in [4.69, 9.17) is 4.74 Å². The molecule has 2 heterocycles. The molecule has 1 aromatic rings. The summed E-state index contributed by atoms with van der Waals surface area (Å²) < 4.78 is 45.1. The molecule has 8 heteroatoms. The minimum absolute atomic E-state index is 0.204. The van der Waals surface area contributed by atoms with Gasteiger partial charge in [-0.3, -0.25) is 4.79 Å². The summed E-state index contributed by atoms with van der Waals surface area (Å²) in [6, 6.07) is 5.47. The van der Waals surface area contributed by atoms with Crippen molar-refractivity contribution in [3.05, 3.63) is 41.5 Å². The van der Waals surface area contributed by atoms with Gasteiger partial charge >= 0.3 is 12.1 Å². The molecule has 5 rings (SSSR count). The van der Waals surface area contributed by atoms with Gasteiger partial charge in [-0.15, -0.1) is 0 Å². The second kappa shape index (κ2) is 8.55. The van der Waals surface area contributed by atoms with Crippen LogP contribution in [0.4, 0.5) is 18.9 Å². The summed E-state index contributed by atoms with van der Waals surface area (Å²) >= 11 is 0. The summed E-state index contributed by atoms with van der Waals surface area (Å²) in [7, 11) is 0. The van der Waals surface area contributed by atoms with E-state index < -0.39 is 17.8 Å². The molecule has 0 bridgehead atoms. The first-order chi connectivity index (χ1) is 16.1. The van der Waals surface area contributed by atoms with Gasteiger partial charge in [-0.1, -0.05) is 31.6 Å². The molecule has 2 aliphatic carbocycles. The second-order valence-corrected chi connectivity index (χ2v) is 10.8. The molecule has 2 saturated heterocycles. The van der Waals surface area contributed by atoms with E-state index in [0.717, 1.165) is 32.0 Å². The molecule has 6 atom stereocenters. The molecule has 2 aliphatic heterocycles. The minimum atomic E-state index is -4.36. The number of aliphatic hydroxyl groups is 1. The number of quaternary nitrogens is 1. The molecular formula is C26H34F3N2O3+. The maximum atomic E-state index is 13.1. The van der Waals surface area contributed by atoms with E-state index in [2.05, 4.69) is 19.9 Å². The third-order valence-electron chi connectivity index (χ3n) is 9.09. The van der Waals surface area contributed by atoms with Crippen LogP contribution >= 0.6 is 0 Å². The Hall–Kier alpha value is -2.06. The van der Waals surface area contributed by atoms with Gasteiger partial charge in [0, 0.05) is 23.4 Å². The maximum Gasteiger partial charge on any atom is 0.416 e. The lowest BCUT2D eigenvalue weighted by molar-refractivity contribution is -0.903. The van der Waals surface area contributed by atoms with E-state index >= 15 is 0 Å². The highest BCUT2D eigenvalue weighted by atomic mass is 19.4. The number of benzene rings is 1. The number of halogens is 3. The molecule has 0 spiro atoms. The average Bonchev–Trinajstić information content (AvgIpc) is 3.11. The summed E-state index contributed by atoms with van der Waals surface area (Å²) in [4.78, 5) is 16.1. The molecule has 5 nitrogen and oxygen atoms in total. The minimum Gasteiger partial charge on any atom is -0.461 e. The molecule has 1 saturated carbocycles. The maximum absolute atomic E-state index is 13.1. The lowest BCUT2D eigenvalue weighted by Gasteiger charge is -2.51. The van der Waals surface area contributed by atoms with Crippen molar-refractivity contribution in [1.29, 1.82) is 0 Å². The number of alkyl halides is 3. The zero-order valence-corrected chi connectivity index (χ0v) is 19.8. The Morgan fingerprint density at radius 1 is 1.26 bits per heavy atom. The summed E-state index contributed by atoms with van der Waals surface area (Å²) in [6.45, 7) is 7.63. The molecule has 3 unspecified atom stereocenters.